The van der Waals surface area contributed by atoms with Crippen LogP contribution in [0.15, 0.2) is 18.2 Å². The number of nitrogens with one attached hydrogen (secondary N) is 1. The summed E-state index contributed by atoms with van der Waals surface area (Å²) in [5, 5.41) is 3.31. The molecule has 0 aromatic heterocycles. The Morgan fingerprint density at radius 2 is 1.53 bits per heavy atom. The predicted octanol–water partition coefficient (Wildman–Crippen LogP) is 2.86. The summed E-state index contributed by atoms with van der Waals surface area (Å²) in [5.74, 6) is 2.30. The fourth-order valence-corrected chi connectivity index (χ4v) is 1.76. The van der Waals surface area contributed by atoms with Crippen LogP contribution in [0, 0.1) is 0 Å². The topological polar surface area (TPSA) is 39.7 Å². The molecule has 0 radical (unpaired) electrons. The molecule has 1 N–H and O–H groups in total. The first-order chi connectivity index (χ1) is 9.30. The van der Waals surface area contributed by atoms with Gasteiger partial charge in [0.05, 0.1) is 20.8 Å². The summed E-state index contributed by atoms with van der Waals surface area (Å²) in [6.07, 6.45) is 3.43. The van der Waals surface area contributed by atoms with Crippen molar-refractivity contribution < 1.29 is 14.2 Å². The van der Waals surface area contributed by atoms with Crippen molar-refractivity contribution in [1.82, 2.24) is 5.32 Å². The molecule has 0 saturated carbocycles. The lowest BCUT2D eigenvalue weighted by atomic mass is 10.2. The Kier molecular flexibility index (Phi) is 7.82. The van der Waals surface area contributed by atoms with E-state index in [4.69, 9.17) is 14.2 Å². The number of methoxy groups -OCH3 is 2. The fraction of sp³-hybridized carbons (Fsp3) is 0.600. The van der Waals surface area contributed by atoms with Crippen LogP contribution in [0.1, 0.15) is 26.2 Å². The second kappa shape index (κ2) is 9.50. The Hall–Kier alpha value is -1.42. The van der Waals surface area contributed by atoms with Gasteiger partial charge in [-0.05, 0) is 32.4 Å². The van der Waals surface area contributed by atoms with Crippen molar-refractivity contribution in [2.75, 3.05) is 33.9 Å². The minimum Gasteiger partial charge on any atom is -0.496 e. The van der Waals surface area contributed by atoms with Crippen molar-refractivity contribution in [2.45, 2.75) is 26.2 Å². The fourth-order valence-electron chi connectivity index (χ4n) is 1.76. The van der Waals surface area contributed by atoms with Crippen molar-refractivity contribution in [2.24, 2.45) is 0 Å². The highest BCUT2D eigenvalue weighted by Gasteiger charge is 2.02. The second-order valence-electron chi connectivity index (χ2n) is 4.31. The van der Waals surface area contributed by atoms with Gasteiger partial charge in [-0.25, -0.2) is 0 Å². The van der Waals surface area contributed by atoms with Crippen molar-refractivity contribution >= 4 is 0 Å². The van der Waals surface area contributed by atoms with Gasteiger partial charge in [0.2, 0.25) is 0 Å². The highest BCUT2D eigenvalue weighted by atomic mass is 16.5. The van der Waals surface area contributed by atoms with E-state index in [-0.39, 0.29) is 0 Å². The first kappa shape index (κ1) is 15.6. The third-order valence-electron chi connectivity index (χ3n) is 2.84. The van der Waals surface area contributed by atoms with Crippen molar-refractivity contribution in [1.29, 1.82) is 0 Å². The predicted molar refractivity (Wildman–Crippen MR) is 77.4 cm³/mol. The highest BCUT2D eigenvalue weighted by Crippen LogP contribution is 2.27. The maximum Gasteiger partial charge on any atom is 0.126 e. The summed E-state index contributed by atoms with van der Waals surface area (Å²) in [6, 6.07) is 5.59. The molecule has 4 heteroatoms. The number of unbranched alkanes of at least 4 members (excludes halogenated alkanes) is 2. The average Bonchev–Trinajstić information content (AvgIpc) is 2.45. The molecule has 0 aliphatic rings. The number of hydrogen-bond donors (Lipinski definition) is 1. The molecule has 0 aliphatic heterocycles. The molecule has 0 unspecified atom stereocenters. The van der Waals surface area contributed by atoms with Crippen LogP contribution < -0.4 is 19.5 Å². The lowest BCUT2D eigenvalue weighted by molar-refractivity contribution is 0.300. The number of rotatable bonds is 10. The molecule has 1 aromatic carbocycles. The van der Waals surface area contributed by atoms with Gasteiger partial charge >= 0.3 is 0 Å². The SMILES string of the molecule is CCNCCCCCOc1cc(OC)cc(OC)c1. The van der Waals surface area contributed by atoms with E-state index in [0.29, 0.717) is 0 Å². The van der Waals surface area contributed by atoms with Crippen molar-refractivity contribution in [3.05, 3.63) is 18.2 Å². The first-order valence-electron chi connectivity index (χ1n) is 6.86. The van der Waals surface area contributed by atoms with Gasteiger partial charge in [0.25, 0.3) is 0 Å². The van der Waals surface area contributed by atoms with Gasteiger partial charge in [-0.1, -0.05) is 6.92 Å². The maximum atomic E-state index is 5.72. The van der Waals surface area contributed by atoms with E-state index in [9.17, 15) is 0 Å². The number of ether oxygens (including phenoxy) is 3. The van der Waals surface area contributed by atoms with Gasteiger partial charge in [0.15, 0.2) is 0 Å². The normalized spacial score (nSPS) is 10.3. The minimum absolute atomic E-state index is 0.725. The number of hydrogen-bond acceptors (Lipinski definition) is 4. The molecule has 0 amide bonds. The average molecular weight is 267 g/mol. The maximum absolute atomic E-state index is 5.72. The van der Waals surface area contributed by atoms with Crippen molar-refractivity contribution in [3.63, 3.8) is 0 Å². The molecule has 1 rings (SSSR count). The van der Waals surface area contributed by atoms with Gasteiger partial charge in [0, 0.05) is 18.2 Å². The molecule has 0 saturated heterocycles. The zero-order chi connectivity index (χ0) is 13.9. The second-order valence-corrected chi connectivity index (χ2v) is 4.31. The van der Waals surface area contributed by atoms with Crippen LogP contribution >= 0.6 is 0 Å². The zero-order valence-electron chi connectivity index (χ0n) is 12.2. The Morgan fingerprint density at radius 1 is 0.895 bits per heavy atom. The molecule has 0 fully saturated rings. The van der Waals surface area contributed by atoms with Crippen LogP contribution in [0.4, 0.5) is 0 Å². The third-order valence-corrected chi connectivity index (χ3v) is 2.84. The summed E-state index contributed by atoms with van der Waals surface area (Å²) < 4.78 is 16.1. The van der Waals surface area contributed by atoms with E-state index >= 15 is 0 Å². The summed E-state index contributed by atoms with van der Waals surface area (Å²) >= 11 is 0. The van der Waals surface area contributed by atoms with E-state index in [1.165, 1.54) is 12.8 Å². The Labute approximate surface area is 116 Å². The van der Waals surface area contributed by atoms with E-state index in [0.717, 1.165) is 43.4 Å². The Balaban J connectivity index is 2.28. The van der Waals surface area contributed by atoms with Gasteiger partial charge in [-0.3, -0.25) is 0 Å². The van der Waals surface area contributed by atoms with Gasteiger partial charge in [-0.15, -0.1) is 0 Å². The summed E-state index contributed by atoms with van der Waals surface area (Å²) in [7, 11) is 3.28. The van der Waals surface area contributed by atoms with E-state index in [1.54, 1.807) is 14.2 Å². The molecule has 0 heterocycles. The molecule has 0 spiro atoms. The number of benzene rings is 1. The van der Waals surface area contributed by atoms with Crippen LogP contribution in [-0.2, 0) is 0 Å². The van der Waals surface area contributed by atoms with E-state index < -0.39 is 0 Å². The monoisotopic (exact) mass is 267 g/mol. The molecule has 0 aliphatic carbocycles. The van der Waals surface area contributed by atoms with Gasteiger partial charge in [0.1, 0.15) is 17.2 Å². The minimum atomic E-state index is 0.725. The van der Waals surface area contributed by atoms with Crippen LogP contribution in [0.3, 0.4) is 0 Å². The van der Waals surface area contributed by atoms with Crippen LogP contribution in [-0.4, -0.2) is 33.9 Å². The first-order valence-corrected chi connectivity index (χ1v) is 6.86. The van der Waals surface area contributed by atoms with Crippen LogP contribution in [0.5, 0.6) is 17.2 Å². The Bertz CT molecular complexity index is 333. The van der Waals surface area contributed by atoms with Gasteiger partial charge in [-0.2, -0.15) is 0 Å². The summed E-state index contributed by atoms with van der Waals surface area (Å²) in [5.41, 5.74) is 0. The summed E-state index contributed by atoms with van der Waals surface area (Å²) in [6.45, 7) is 4.98. The lowest BCUT2D eigenvalue weighted by Crippen LogP contribution is -2.14. The third kappa shape index (κ3) is 6.34. The molecule has 1 aromatic rings. The van der Waals surface area contributed by atoms with E-state index in [1.807, 2.05) is 18.2 Å². The largest absolute Gasteiger partial charge is 0.496 e. The summed E-state index contributed by atoms with van der Waals surface area (Å²) in [4.78, 5) is 0. The smallest absolute Gasteiger partial charge is 0.126 e. The molecule has 0 atom stereocenters. The van der Waals surface area contributed by atoms with Gasteiger partial charge < -0.3 is 19.5 Å². The molecule has 19 heavy (non-hydrogen) atoms. The van der Waals surface area contributed by atoms with Crippen LogP contribution in [0.2, 0.25) is 0 Å². The van der Waals surface area contributed by atoms with Crippen molar-refractivity contribution in [3.8, 4) is 17.2 Å². The molecule has 0 bridgehead atoms. The van der Waals surface area contributed by atoms with E-state index in [2.05, 4.69) is 12.2 Å². The molecular weight excluding hydrogens is 242 g/mol. The lowest BCUT2D eigenvalue weighted by Gasteiger charge is -2.10. The van der Waals surface area contributed by atoms with Crippen LogP contribution in [0.25, 0.3) is 0 Å². The quantitative estimate of drug-likeness (QED) is 0.662. The highest BCUT2D eigenvalue weighted by molar-refractivity contribution is 5.41. The molecule has 108 valence electrons. The Morgan fingerprint density at radius 3 is 2.11 bits per heavy atom. The molecule has 4 nitrogen and oxygen atoms in total. The standard InChI is InChI=1S/C15H25NO3/c1-4-16-8-6-5-7-9-19-15-11-13(17-2)10-14(12-15)18-3/h10-12,16H,4-9H2,1-3H3. The molecular formula is C15H25NO3. The zero-order valence-corrected chi connectivity index (χ0v) is 12.2.